The minimum atomic E-state index is -0.833. The Morgan fingerprint density at radius 2 is 1.93 bits per heavy atom. The van der Waals surface area contributed by atoms with Gasteiger partial charge in [-0.05, 0) is 6.92 Å². The van der Waals surface area contributed by atoms with Crippen LogP contribution in [0.5, 0.6) is 0 Å². The van der Waals surface area contributed by atoms with E-state index < -0.39 is 11.9 Å². The largest absolute Gasteiger partial charge is 0.481 e. The minimum Gasteiger partial charge on any atom is -0.481 e. The summed E-state index contributed by atoms with van der Waals surface area (Å²) >= 11 is 0. The van der Waals surface area contributed by atoms with Gasteiger partial charge in [0, 0.05) is 58.7 Å². The van der Waals surface area contributed by atoms with E-state index in [-0.39, 0.29) is 17.7 Å². The summed E-state index contributed by atoms with van der Waals surface area (Å²) in [5.74, 6) is -0.343. The Morgan fingerprint density at radius 1 is 1.29 bits per heavy atom. The molecular weight excluding hydrogens is 368 g/mol. The minimum absolute atomic E-state index is 0.194. The summed E-state index contributed by atoms with van der Waals surface area (Å²) in [4.78, 5) is 38.9. The molecule has 156 valence electrons. The Bertz CT molecular complexity index is 701. The van der Waals surface area contributed by atoms with Crippen molar-refractivity contribution in [1.29, 1.82) is 0 Å². The predicted molar refractivity (Wildman–Crippen MR) is 98.3 cm³/mol. The first-order valence-electron chi connectivity index (χ1n) is 9.28. The van der Waals surface area contributed by atoms with Crippen LogP contribution in [0.3, 0.4) is 0 Å². The van der Waals surface area contributed by atoms with E-state index in [2.05, 4.69) is 21.4 Å². The number of carbonyl (C=O) groups excluding carboxylic acids is 1. The van der Waals surface area contributed by atoms with Crippen molar-refractivity contribution in [3.63, 3.8) is 0 Å². The van der Waals surface area contributed by atoms with Crippen molar-refractivity contribution < 1.29 is 29.3 Å². The van der Waals surface area contributed by atoms with Gasteiger partial charge < -0.3 is 24.4 Å². The molecule has 0 aromatic carbocycles. The van der Waals surface area contributed by atoms with Crippen LogP contribution in [0.15, 0.2) is 12.4 Å². The standard InChI is InChI=1S/C14H20N4O2.2C2H4O2/c1-2-16-6-4-15-12(16)10-17-5-3-14-11(17)9-13(19)18(14)7-8-20-14;2*1-2(3)4/h4,6,11H,2-3,5,7-10H2,1H3;2*1H3,(H,3,4)/t11-,14+;;/m1../s1. The van der Waals surface area contributed by atoms with Crippen LogP contribution in [-0.4, -0.2) is 78.9 Å². The number of imidazole rings is 1. The molecule has 3 fully saturated rings. The molecule has 10 heteroatoms. The molecule has 4 rings (SSSR count). The van der Waals surface area contributed by atoms with E-state index in [1.54, 1.807) is 0 Å². The average Bonchev–Trinajstić information content (AvgIpc) is 3.32. The molecule has 1 aromatic heterocycles. The summed E-state index contributed by atoms with van der Waals surface area (Å²) in [5.41, 5.74) is -0.333. The molecule has 10 nitrogen and oxygen atoms in total. The van der Waals surface area contributed by atoms with Gasteiger partial charge in [-0.25, -0.2) is 4.98 Å². The van der Waals surface area contributed by atoms with Crippen LogP contribution in [0, 0.1) is 0 Å². The van der Waals surface area contributed by atoms with Crippen molar-refractivity contribution in [3.8, 4) is 0 Å². The van der Waals surface area contributed by atoms with Gasteiger partial charge in [0.1, 0.15) is 5.82 Å². The number of hydrogen-bond acceptors (Lipinski definition) is 6. The molecule has 28 heavy (non-hydrogen) atoms. The Balaban J connectivity index is 0.000000302. The van der Waals surface area contributed by atoms with Crippen molar-refractivity contribution in [1.82, 2.24) is 19.4 Å². The van der Waals surface area contributed by atoms with Crippen LogP contribution in [0.2, 0.25) is 0 Å². The summed E-state index contributed by atoms with van der Waals surface area (Å²) in [6.07, 6.45) is 5.38. The maximum atomic E-state index is 12.1. The van der Waals surface area contributed by atoms with Crippen LogP contribution >= 0.6 is 0 Å². The maximum absolute atomic E-state index is 12.1. The molecule has 2 atom stereocenters. The lowest BCUT2D eigenvalue weighted by Gasteiger charge is -2.31. The number of hydrogen-bond donors (Lipinski definition) is 2. The first-order chi connectivity index (χ1) is 13.2. The fourth-order valence-corrected chi connectivity index (χ4v) is 4.03. The molecule has 3 saturated heterocycles. The summed E-state index contributed by atoms with van der Waals surface area (Å²) in [5, 5.41) is 14.8. The van der Waals surface area contributed by atoms with Crippen molar-refractivity contribution in [3.05, 3.63) is 18.2 Å². The fourth-order valence-electron chi connectivity index (χ4n) is 4.03. The number of carboxylic acids is 2. The van der Waals surface area contributed by atoms with Gasteiger partial charge in [-0.3, -0.25) is 19.3 Å². The van der Waals surface area contributed by atoms with E-state index in [0.717, 1.165) is 52.3 Å². The molecule has 0 bridgehead atoms. The van der Waals surface area contributed by atoms with Crippen molar-refractivity contribution >= 4 is 17.8 Å². The molecule has 1 spiro atoms. The lowest BCUT2D eigenvalue weighted by atomic mass is 10.1. The summed E-state index contributed by atoms with van der Waals surface area (Å²) in [6.45, 7) is 8.44. The highest BCUT2D eigenvalue weighted by atomic mass is 16.5. The quantitative estimate of drug-likeness (QED) is 0.762. The highest BCUT2D eigenvalue weighted by Crippen LogP contribution is 2.45. The van der Waals surface area contributed by atoms with Gasteiger partial charge in [0.05, 0.1) is 19.2 Å². The van der Waals surface area contributed by atoms with Crippen molar-refractivity contribution in [2.45, 2.75) is 58.5 Å². The second-order valence-corrected chi connectivity index (χ2v) is 6.85. The Kier molecular flexibility index (Phi) is 7.14. The number of carbonyl (C=O) groups is 3. The molecule has 3 aliphatic rings. The maximum Gasteiger partial charge on any atom is 0.300 e. The zero-order chi connectivity index (χ0) is 20.9. The highest BCUT2D eigenvalue weighted by molar-refractivity contribution is 5.81. The summed E-state index contributed by atoms with van der Waals surface area (Å²) in [6, 6.07) is 0.194. The number of carboxylic acid groups (broad SMARTS) is 2. The second kappa shape index (κ2) is 9.16. The molecule has 0 unspecified atom stereocenters. The van der Waals surface area contributed by atoms with E-state index in [4.69, 9.17) is 24.5 Å². The third-order valence-electron chi connectivity index (χ3n) is 5.00. The van der Waals surface area contributed by atoms with Gasteiger partial charge in [0.25, 0.3) is 11.9 Å². The topological polar surface area (TPSA) is 125 Å². The second-order valence-electron chi connectivity index (χ2n) is 6.85. The van der Waals surface area contributed by atoms with Crippen LogP contribution in [0.25, 0.3) is 0 Å². The van der Waals surface area contributed by atoms with Gasteiger partial charge in [-0.15, -0.1) is 0 Å². The van der Waals surface area contributed by atoms with Gasteiger partial charge in [0.15, 0.2) is 5.72 Å². The molecular formula is C18H28N4O6. The number of likely N-dealkylation sites (tertiary alicyclic amines) is 1. The third-order valence-corrected chi connectivity index (χ3v) is 5.00. The van der Waals surface area contributed by atoms with Crippen LogP contribution < -0.4 is 0 Å². The van der Waals surface area contributed by atoms with Gasteiger partial charge >= 0.3 is 0 Å². The van der Waals surface area contributed by atoms with E-state index in [9.17, 15) is 4.79 Å². The fraction of sp³-hybridized carbons (Fsp3) is 0.667. The highest BCUT2D eigenvalue weighted by Gasteiger charge is 2.61. The molecule has 0 radical (unpaired) electrons. The average molecular weight is 396 g/mol. The first kappa shape index (κ1) is 21.8. The lowest BCUT2D eigenvalue weighted by molar-refractivity contribution is -0.137. The van der Waals surface area contributed by atoms with E-state index in [1.165, 1.54) is 0 Å². The molecule has 1 aromatic rings. The number of rotatable bonds is 3. The Hall–Kier alpha value is -2.46. The molecule has 4 heterocycles. The molecule has 1 amide bonds. The number of aliphatic carboxylic acids is 2. The van der Waals surface area contributed by atoms with Gasteiger partial charge in [-0.1, -0.05) is 0 Å². The van der Waals surface area contributed by atoms with E-state index in [1.807, 2.05) is 17.3 Å². The first-order valence-corrected chi connectivity index (χ1v) is 9.28. The molecule has 0 saturated carbocycles. The third kappa shape index (κ3) is 4.68. The summed E-state index contributed by atoms with van der Waals surface area (Å²) < 4.78 is 8.16. The molecule has 0 aliphatic carbocycles. The van der Waals surface area contributed by atoms with E-state index in [0.29, 0.717) is 13.0 Å². The zero-order valence-electron chi connectivity index (χ0n) is 16.5. The SMILES string of the molecule is CC(=O)O.CC(=O)O.CCn1ccnc1CN1CC[C@@]23OCCN2C(=O)C[C@@H]13. The smallest absolute Gasteiger partial charge is 0.300 e. The normalized spacial score (nSPS) is 25.3. The number of ether oxygens (including phenoxy) is 1. The van der Waals surface area contributed by atoms with Crippen LogP contribution in [0.4, 0.5) is 0 Å². The monoisotopic (exact) mass is 396 g/mol. The van der Waals surface area contributed by atoms with Crippen molar-refractivity contribution in [2.75, 3.05) is 19.7 Å². The number of aromatic nitrogens is 2. The molecule has 3 aliphatic heterocycles. The Labute approximate surface area is 163 Å². The van der Waals surface area contributed by atoms with Gasteiger partial charge in [0.2, 0.25) is 5.91 Å². The number of nitrogens with zero attached hydrogens (tertiary/aromatic N) is 4. The van der Waals surface area contributed by atoms with E-state index >= 15 is 0 Å². The zero-order valence-corrected chi connectivity index (χ0v) is 16.5. The van der Waals surface area contributed by atoms with Crippen molar-refractivity contribution in [2.24, 2.45) is 0 Å². The van der Waals surface area contributed by atoms with Crippen LogP contribution in [-0.2, 0) is 32.2 Å². The summed E-state index contributed by atoms with van der Waals surface area (Å²) in [7, 11) is 0. The lowest BCUT2D eigenvalue weighted by Crippen LogP contribution is -2.47. The van der Waals surface area contributed by atoms with Gasteiger partial charge in [-0.2, -0.15) is 0 Å². The van der Waals surface area contributed by atoms with Crippen LogP contribution in [0.1, 0.15) is 39.4 Å². The number of aryl methyl sites for hydroxylation is 1. The number of amides is 1. The molecule has 2 N–H and O–H groups in total. The Morgan fingerprint density at radius 3 is 2.54 bits per heavy atom. The predicted octanol–water partition coefficient (Wildman–Crippen LogP) is 0.618.